The third-order valence-electron chi connectivity index (χ3n) is 5.16. The summed E-state index contributed by atoms with van der Waals surface area (Å²) < 4.78 is 1.09. The van der Waals surface area contributed by atoms with Crippen molar-refractivity contribution in [2.75, 3.05) is 0 Å². The van der Waals surface area contributed by atoms with Crippen molar-refractivity contribution in [1.29, 1.82) is 0 Å². The molecule has 5 rings (SSSR count). The number of rotatable bonds is 0. The van der Waals surface area contributed by atoms with E-state index in [1.165, 1.54) is 5.56 Å². The highest BCUT2D eigenvalue weighted by Gasteiger charge is 2.25. The van der Waals surface area contributed by atoms with E-state index in [0.717, 1.165) is 63.7 Å². The van der Waals surface area contributed by atoms with Gasteiger partial charge in [0.2, 0.25) is 11.2 Å². The molecule has 0 unspecified atom stereocenters. The Bertz CT molecular complexity index is 1120. The van der Waals surface area contributed by atoms with Gasteiger partial charge in [-0.2, -0.15) is 4.73 Å². The van der Waals surface area contributed by atoms with Crippen LogP contribution < -0.4 is 4.73 Å². The van der Waals surface area contributed by atoms with Crippen LogP contribution in [-0.2, 0) is 12.8 Å². The van der Waals surface area contributed by atoms with Crippen LogP contribution in [0.3, 0.4) is 0 Å². The minimum Gasteiger partial charge on any atom is -0.618 e. The first kappa shape index (κ1) is 14.4. The Morgan fingerprint density at radius 1 is 0.800 bits per heavy atom. The van der Waals surface area contributed by atoms with Crippen molar-refractivity contribution in [2.24, 2.45) is 0 Å². The lowest BCUT2D eigenvalue weighted by molar-refractivity contribution is -0.565. The average molecular weight is 326 g/mol. The van der Waals surface area contributed by atoms with Crippen LogP contribution in [0.2, 0.25) is 0 Å². The van der Waals surface area contributed by atoms with E-state index >= 15 is 0 Å². The zero-order valence-electron chi connectivity index (χ0n) is 13.9. The summed E-state index contributed by atoms with van der Waals surface area (Å²) in [6.45, 7) is 0. The van der Waals surface area contributed by atoms with E-state index in [9.17, 15) is 5.21 Å². The van der Waals surface area contributed by atoms with E-state index in [2.05, 4.69) is 18.2 Å². The second-order valence-corrected chi connectivity index (χ2v) is 6.77. The topological polar surface area (TPSA) is 39.8 Å². The summed E-state index contributed by atoms with van der Waals surface area (Å²) in [6.07, 6.45) is 4.12. The van der Waals surface area contributed by atoms with Crippen LogP contribution >= 0.6 is 0 Å². The van der Waals surface area contributed by atoms with Crippen molar-refractivity contribution in [1.82, 2.24) is 4.98 Å². The molecule has 2 aromatic carbocycles. The van der Waals surface area contributed by atoms with Gasteiger partial charge in [-0.1, -0.05) is 30.3 Å². The molecule has 0 radical (unpaired) electrons. The van der Waals surface area contributed by atoms with Crippen LogP contribution in [-0.4, -0.2) is 4.98 Å². The fourth-order valence-electron chi connectivity index (χ4n) is 3.93. The summed E-state index contributed by atoms with van der Waals surface area (Å²) in [5.41, 5.74) is 5.54. The molecule has 4 aromatic rings. The minimum absolute atomic E-state index is 0.711. The molecule has 0 spiro atoms. The lowest BCUT2D eigenvalue weighted by Gasteiger charge is -2.18. The maximum Gasteiger partial charge on any atom is 0.246 e. The normalized spacial score (nSPS) is 13.9. The van der Waals surface area contributed by atoms with E-state index < -0.39 is 0 Å². The number of fused-ring (bicyclic) bond motifs is 5. The molecule has 0 bridgehead atoms. The lowest BCUT2D eigenvalue weighted by Crippen LogP contribution is -2.32. The molecular formula is C22H18N2O. The molecule has 0 N–H and O–H groups in total. The van der Waals surface area contributed by atoms with Gasteiger partial charge in [-0.3, -0.25) is 0 Å². The Morgan fingerprint density at radius 2 is 1.48 bits per heavy atom. The molecule has 1 aliphatic carbocycles. The predicted molar refractivity (Wildman–Crippen MR) is 100 cm³/mol. The number of pyridine rings is 2. The van der Waals surface area contributed by atoms with Crippen LogP contribution in [0.4, 0.5) is 0 Å². The summed E-state index contributed by atoms with van der Waals surface area (Å²) >= 11 is 0. The molecule has 3 heteroatoms. The fourth-order valence-corrected chi connectivity index (χ4v) is 3.93. The number of aryl methyl sites for hydroxylation is 2. The molecule has 1 aliphatic rings. The number of aromatic nitrogens is 2. The maximum atomic E-state index is 13.2. The number of benzene rings is 2. The monoisotopic (exact) mass is 326 g/mol. The zero-order chi connectivity index (χ0) is 16.8. The highest BCUT2D eigenvalue weighted by molar-refractivity contribution is 5.84. The third-order valence-corrected chi connectivity index (χ3v) is 5.16. The van der Waals surface area contributed by atoms with Gasteiger partial charge in [-0.25, -0.2) is 4.98 Å². The summed E-state index contributed by atoms with van der Waals surface area (Å²) in [5.74, 6) is 0. The van der Waals surface area contributed by atoms with Crippen molar-refractivity contribution >= 4 is 21.8 Å². The van der Waals surface area contributed by atoms with Gasteiger partial charge in [0.15, 0.2) is 0 Å². The third kappa shape index (κ3) is 2.27. The molecule has 0 fully saturated rings. The Kier molecular flexibility index (Phi) is 3.20. The van der Waals surface area contributed by atoms with Crippen molar-refractivity contribution in [3.8, 4) is 11.4 Å². The maximum absolute atomic E-state index is 13.2. The number of hydrogen-bond acceptors (Lipinski definition) is 2. The number of hydrogen-bond donors (Lipinski definition) is 0. The molecule has 2 heterocycles. The zero-order valence-corrected chi connectivity index (χ0v) is 13.9. The van der Waals surface area contributed by atoms with Crippen molar-refractivity contribution in [3.63, 3.8) is 0 Å². The standard InChI is InChI=1S/C22H18N2O/c25-24-20-12-6-4-8-16(20)14-18-10-2-1-9-17-13-15-7-3-5-11-19(15)23-21(17)22(18)24/h3-8,11-14H,1-2,9-10H2. The Labute approximate surface area is 146 Å². The molecule has 3 nitrogen and oxygen atoms in total. The number of para-hydroxylation sites is 2. The Morgan fingerprint density at radius 3 is 2.36 bits per heavy atom. The van der Waals surface area contributed by atoms with E-state index in [-0.39, 0.29) is 0 Å². The van der Waals surface area contributed by atoms with Gasteiger partial charge in [0.1, 0.15) is 5.69 Å². The molecule has 0 saturated heterocycles. The van der Waals surface area contributed by atoms with Crippen LogP contribution in [0.15, 0.2) is 60.7 Å². The van der Waals surface area contributed by atoms with E-state index in [4.69, 9.17) is 4.98 Å². The molecule has 0 amide bonds. The fraction of sp³-hybridized carbons (Fsp3) is 0.182. The van der Waals surface area contributed by atoms with Crippen molar-refractivity contribution in [3.05, 3.63) is 77.0 Å². The first-order valence-corrected chi connectivity index (χ1v) is 8.84. The smallest absolute Gasteiger partial charge is 0.246 e. The van der Waals surface area contributed by atoms with Gasteiger partial charge in [-0.05, 0) is 55.5 Å². The summed E-state index contributed by atoms with van der Waals surface area (Å²) in [7, 11) is 0. The van der Waals surface area contributed by atoms with Gasteiger partial charge in [0, 0.05) is 22.4 Å². The number of nitrogens with zero attached hydrogens (tertiary/aromatic N) is 2. The van der Waals surface area contributed by atoms with E-state index in [1.807, 2.05) is 42.5 Å². The first-order chi connectivity index (χ1) is 12.3. The Hall–Kier alpha value is -2.94. The predicted octanol–water partition coefficient (Wildman–Crippen LogP) is 4.57. The molecule has 0 atom stereocenters. The van der Waals surface area contributed by atoms with Crippen LogP contribution in [0.25, 0.3) is 33.2 Å². The van der Waals surface area contributed by atoms with Gasteiger partial charge in [0.05, 0.1) is 5.52 Å². The summed E-state index contributed by atoms with van der Waals surface area (Å²) in [4.78, 5) is 4.91. The van der Waals surface area contributed by atoms with Crippen molar-refractivity contribution in [2.45, 2.75) is 25.7 Å². The van der Waals surface area contributed by atoms with E-state index in [1.54, 1.807) is 0 Å². The summed E-state index contributed by atoms with van der Waals surface area (Å²) in [6, 6.07) is 20.3. The van der Waals surface area contributed by atoms with Gasteiger partial charge >= 0.3 is 0 Å². The van der Waals surface area contributed by atoms with Gasteiger partial charge in [0.25, 0.3) is 0 Å². The molecule has 122 valence electrons. The van der Waals surface area contributed by atoms with Crippen molar-refractivity contribution < 1.29 is 4.73 Å². The average Bonchev–Trinajstić information content (AvgIpc) is 2.63. The highest BCUT2D eigenvalue weighted by Crippen LogP contribution is 2.32. The minimum atomic E-state index is 0.711. The molecule has 0 saturated carbocycles. The van der Waals surface area contributed by atoms with Crippen LogP contribution in [0, 0.1) is 5.21 Å². The lowest BCUT2D eigenvalue weighted by atomic mass is 9.92. The SMILES string of the molecule is [O-][n+]1c2c(cc3ccccc31)CCCCc1cc3ccccc3nc1-2. The summed E-state index contributed by atoms with van der Waals surface area (Å²) in [5, 5.41) is 15.4. The van der Waals surface area contributed by atoms with Gasteiger partial charge in [-0.15, -0.1) is 0 Å². The molecular weight excluding hydrogens is 308 g/mol. The second kappa shape index (κ2) is 5.55. The second-order valence-electron chi connectivity index (χ2n) is 6.77. The van der Waals surface area contributed by atoms with Crippen LogP contribution in [0.1, 0.15) is 24.0 Å². The van der Waals surface area contributed by atoms with E-state index in [0.29, 0.717) is 5.52 Å². The molecule has 0 aliphatic heterocycles. The van der Waals surface area contributed by atoms with Crippen LogP contribution in [0.5, 0.6) is 0 Å². The van der Waals surface area contributed by atoms with Gasteiger partial charge < -0.3 is 5.21 Å². The highest BCUT2D eigenvalue weighted by atomic mass is 16.5. The molecule has 2 aromatic heterocycles. The molecule has 25 heavy (non-hydrogen) atoms. The quantitative estimate of drug-likeness (QED) is 0.351. The largest absolute Gasteiger partial charge is 0.618 e. The first-order valence-electron chi connectivity index (χ1n) is 8.84. The Balaban J connectivity index is 1.89.